The van der Waals surface area contributed by atoms with Crippen molar-refractivity contribution in [1.29, 1.82) is 0 Å². The molecule has 0 unspecified atom stereocenters. The topological polar surface area (TPSA) is 40.5 Å². The second-order valence-electron chi connectivity index (χ2n) is 8.18. The molecule has 1 aromatic carbocycles. The Balaban J connectivity index is 1.76. The van der Waals surface area contributed by atoms with E-state index in [9.17, 15) is 9.90 Å². The van der Waals surface area contributed by atoms with Gasteiger partial charge in [0, 0.05) is 25.4 Å². The molecule has 1 aliphatic carbocycles. The summed E-state index contributed by atoms with van der Waals surface area (Å²) in [5.41, 5.74) is 1.72. The first-order valence-corrected chi connectivity index (χ1v) is 9.44. The highest BCUT2D eigenvalue weighted by atomic mass is 16.3. The van der Waals surface area contributed by atoms with Crippen LogP contribution >= 0.6 is 0 Å². The number of amides is 1. The van der Waals surface area contributed by atoms with Gasteiger partial charge < -0.3 is 10.0 Å². The van der Waals surface area contributed by atoms with E-state index >= 15 is 0 Å². The molecule has 24 heavy (non-hydrogen) atoms. The highest BCUT2D eigenvalue weighted by molar-refractivity contribution is 5.80. The van der Waals surface area contributed by atoms with Crippen molar-refractivity contribution in [3.63, 3.8) is 0 Å². The van der Waals surface area contributed by atoms with Crippen molar-refractivity contribution >= 4 is 5.91 Å². The summed E-state index contributed by atoms with van der Waals surface area (Å²) in [7, 11) is 0. The maximum atomic E-state index is 12.6. The predicted octanol–water partition coefficient (Wildman–Crippen LogP) is 4.03. The molecule has 0 aromatic heterocycles. The minimum absolute atomic E-state index is 0.0528. The SMILES string of the molecule is CC[C@@](O)(CN1C[C@H](c2ccccc2C)CC1=O)C1(C)CCCC1. The maximum absolute atomic E-state index is 12.6. The highest BCUT2D eigenvalue weighted by Crippen LogP contribution is 2.48. The van der Waals surface area contributed by atoms with E-state index in [0.29, 0.717) is 19.4 Å². The van der Waals surface area contributed by atoms with Gasteiger partial charge in [0.15, 0.2) is 0 Å². The largest absolute Gasteiger partial charge is 0.387 e. The van der Waals surface area contributed by atoms with Gasteiger partial charge in [0.05, 0.1) is 5.60 Å². The molecule has 132 valence electrons. The lowest BCUT2D eigenvalue weighted by atomic mass is 9.70. The molecule has 0 bridgehead atoms. The molecule has 1 aromatic rings. The molecule has 0 radical (unpaired) electrons. The van der Waals surface area contributed by atoms with Crippen LogP contribution in [0.15, 0.2) is 24.3 Å². The first-order valence-electron chi connectivity index (χ1n) is 9.44. The average molecular weight is 329 g/mol. The monoisotopic (exact) mass is 329 g/mol. The Morgan fingerprint density at radius 3 is 2.58 bits per heavy atom. The molecular formula is C21H31NO2. The van der Waals surface area contributed by atoms with Gasteiger partial charge >= 0.3 is 0 Å². The minimum Gasteiger partial charge on any atom is -0.387 e. The van der Waals surface area contributed by atoms with Crippen molar-refractivity contribution in [2.24, 2.45) is 5.41 Å². The van der Waals surface area contributed by atoms with Gasteiger partial charge in [-0.15, -0.1) is 0 Å². The van der Waals surface area contributed by atoms with Gasteiger partial charge in [-0.3, -0.25) is 4.79 Å². The predicted molar refractivity (Wildman–Crippen MR) is 96.9 cm³/mol. The van der Waals surface area contributed by atoms with E-state index in [-0.39, 0.29) is 17.2 Å². The van der Waals surface area contributed by atoms with Crippen LogP contribution in [0.4, 0.5) is 0 Å². The Hall–Kier alpha value is -1.35. The van der Waals surface area contributed by atoms with E-state index < -0.39 is 5.60 Å². The van der Waals surface area contributed by atoms with Gasteiger partial charge in [0.1, 0.15) is 0 Å². The summed E-state index contributed by atoms with van der Waals surface area (Å²) in [4.78, 5) is 14.5. The summed E-state index contributed by atoms with van der Waals surface area (Å²) in [5, 5.41) is 11.4. The fourth-order valence-corrected chi connectivity index (χ4v) is 4.84. The highest BCUT2D eigenvalue weighted by Gasteiger charge is 2.49. The summed E-state index contributed by atoms with van der Waals surface area (Å²) in [6.45, 7) is 7.61. The molecule has 1 N–H and O–H groups in total. The van der Waals surface area contributed by atoms with Gasteiger partial charge in [-0.2, -0.15) is 0 Å². The second-order valence-corrected chi connectivity index (χ2v) is 8.18. The quantitative estimate of drug-likeness (QED) is 0.886. The Morgan fingerprint density at radius 2 is 1.96 bits per heavy atom. The molecule has 1 heterocycles. The van der Waals surface area contributed by atoms with E-state index in [1.807, 2.05) is 11.0 Å². The molecule has 1 saturated carbocycles. The smallest absolute Gasteiger partial charge is 0.223 e. The summed E-state index contributed by atoms with van der Waals surface area (Å²) in [6, 6.07) is 8.35. The van der Waals surface area contributed by atoms with Gasteiger partial charge in [-0.05, 0) is 42.7 Å². The molecule has 2 atom stereocenters. The number of carbonyl (C=O) groups is 1. The molecule has 1 amide bonds. The van der Waals surface area contributed by atoms with Crippen LogP contribution < -0.4 is 0 Å². The van der Waals surface area contributed by atoms with Crippen LogP contribution in [-0.2, 0) is 4.79 Å². The van der Waals surface area contributed by atoms with Crippen molar-refractivity contribution < 1.29 is 9.90 Å². The number of likely N-dealkylation sites (tertiary alicyclic amines) is 1. The molecule has 2 aliphatic rings. The molecular weight excluding hydrogens is 298 g/mol. The van der Waals surface area contributed by atoms with Gasteiger partial charge in [-0.1, -0.05) is 51.0 Å². The van der Waals surface area contributed by atoms with Gasteiger partial charge in [-0.25, -0.2) is 0 Å². The van der Waals surface area contributed by atoms with E-state index in [4.69, 9.17) is 0 Å². The number of hydrogen-bond acceptors (Lipinski definition) is 2. The zero-order valence-electron chi connectivity index (χ0n) is 15.3. The van der Waals surface area contributed by atoms with Crippen LogP contribution in [0.1, 0.15) is 69.4 Å². The summed E-state index contributed by atoms with van der Waals surface area (Å²) < 4.78 is 0. The third-order valence-electron chi connectivity index (χ3n) is 6.71. The normalized spacial score (nSPS) is 25.9. The van der Waals surface area contributed by atoms with Crippen molar-refractivity contribution in [3.8, 4) is 0 Å². The fourth-order valence-electron chi connectivity index (χ4n) is 4.84. The molecule has 3 heteroatoms. The van der Waals surface area contributed by atoms with Gasteiger partial charge in [0.2, 0.25) is 5.91 Å². The Labute approximate surface area is 146 Å². The van der Waals surface area contributed by atoms with Crippen LogP contribution in [-0.4, -0.2) is 34.6 Å². The Bertz CT molecular complexity index is 606. The van der Waals surface area contributed by atoms with Crippen LogP contribution in [0.5, 0.6) is 0 Å². The molecule has 0 spiro atoms. The summed E-state index contributed by atoms with van der Waals surface area (Å²) >= 11 is 0. The number of benzene rings is 1. The first-order chi connectivity index (χ1) is 11.4. The van der Waals surface area contributed by atoms with E-state index in [0.717, 1.165) is 19.4 Å². The third kappa shape index (κ3) is 2.99. The maximum Gasteiger partial charge on any atom is 0.223 e. The average Bonchev–Trinajstić information content (AvgIpc) is 3.15. The zero-order chi connectivity index (χ0) is 17.4. The first kappa shape index (κ1) is 17.5. The lowest BCUT2D eigenvalue weighted by molar-refractivity contribution is -0.137. The van der Waals surface area contributed by atoms with Gasteiger partial charge in [0.25, 0.3) is 0 Å². The van der Waals surface area contributed by atoms with Crippen LogP contribution in [0.2, 0.25) is 0 Å². The third-order valence-corrected chi connectivity index (χ3v) is 6.71. The van der Waals surface area contributed by atoms with Crippen LogP contribution in [0, 0.1) is 12.3 Å². The van der Waals surface area contributed by atoms with Crippen LogP contribution in [0.3, 0.4) is 0 Å². The van der Waals surface area contributed by atoms with E-state index in [1.54, 1.807) is 0 Å². The van der Waals surface area contributed by atoms with E-state index in [2.05, 4.69) is 39.0 Å². The number of rotatable bonds is 5. The lowest BCUT2D eigenvalue weighted by Gasteiger charge is -2.44. The van der Waals surface area contributed by atoms with Crippen LogP contribution in [0.25, 0.3) is 0 Å². The summed E-state index contributed by atoms with van der Waals surface area (Å²) in [6.07, 6.45) is 5.81. The van der Waals surface area contributed by atoms with Crippen molar-refractivity contribution in [1.82, 2.24) is 4.90 Å². The molecule has 2 fully saturated rings. The van der Waals surface area contributed by atoms with E-state index in [1.165, 1.54) is 24.0 Å². The lowest BCUT2D eigenvalue weighted by Crippen LogP contribution is -2.53. The molecule has 3 rings (SSSR count). The Morgan fingerprint density at radius 1 is 1.29 bits per heavy atom. The second kappa shape index (κ2) is 6.51. The fraction of sp³-hybridized carbons (Fsp3) is 0.667. The molecule has 1 aliphatic heterocycles. The van der Waals surface area contributed by atoms with Crippen molar-refractivity contribution in [3.05, 3.63) is 35.4 Å². The molecule has 3 nitrogen and oxygen atoms in total. The minimum atomic E-state index is -0.764. The molecule has 1 saturated heterocycles. The number of aliphatic hydroxyl groups is 1. The zero-order valence-corrected chi connectivity index (χ0v) is 15.3. The Kier molecular flexibility index (Phi) is 4.74. The number of aryl methyl sites for hydroxylation is 1. The number of β-amino-alcohol motifs (C(OH)–C–C–N with tert-alkyl or cyclic N) is 1. The standard InChI is InChI=1S/C21H31NO2/c1-4-21(24,20(3)11-7-8-12-20)15-22-14-17(13-19(22)23)18-10-6-5-9-16(18)2/h5-6,9-10,17,24H,4,7-8,11-15H2,1-3H3/t17-,21-/m1/s1. The number of nitrogens with zero attached hydrogens (tertiary/aromatic N) is 1. The summed E-state index contributed by atoms with van der Waals surface area (Å²) in [5.74, 6) is 0.452. The number of hydrogen-bond donors (Lipinski definition) is 1. The van der Waals surface area contributed by atoms with Crippen molar-refractivity contribution in [2.45, 2.75) is 70.8 Å². The number of carbonyl (C=O) groups excluding carboxylic acids is 1. The van der Waals surface area contributed by atoms with Crippen molar-refractivity contribution in [2.75, 3.05) is 13.1 Å².